The van der Waals surface area contributed by atoms with Crippen LogP contribution < -0.4 is 5.32 Å². The van der Waals surface area contributed by atoms with Crippen LogP contribution in [0.5, 0.6) is 0 Å². The lowest BCUT2D eigenvalue weighted by molar-refractivity contribution is -0.139. The molecule has 4 nitrogen and oxygen atoms in total. The maximum Gasteiger partial charge on any atom is 0.247 e. The molecule has 1 fully saturated rings. The van der Waals surface area contributed by atoms with Gasteiger partial charge in [-0.2, -0.15) is 0 Å². The molecule has 1 saturated heterocycles. The topological polar surface area (TPSA) is 49.4 Å². The van der Waals surface area contributed by atoms with Crippen molar-refractivity contribution in [1.82, 2.24) is 10.2 Å². The van der Waals surface area contributed by atoms with Gasteiger partial charge >= 0.3 is 0 Å². The van der Waals surface area contributed by atoms with Gasteiger partial charge in [0.1, 0.15) is 0 Å². The van der Waals surface area contributed by atoms with Crippen molar-refractivity contribution in [1.29, 1.82) is 0 Å². The minimum Gasteiger partial charge on any atom is -0.301 e. The molecule has 124 valence electrons. The van der Waals surface area contributed by atoms with E-state index in [0.29, 0.717) is 13.1 Å². The van der Waals surface area contributed by atoms with E-state index < -0.39 is 6.04 Å². The highest BCUT2D eigenvalue weighted by Gasteiger charge is 2.37. The van der Waals surface area contributed by atoms with Crippen molar-refractivity contribution < 1.29 is 9.59 Å². The summed E-state index contributed by atoms with van der Waals surface area (Å²) < 4.78 is 0. The van der Waals surface area contributed by atoms with Crippen LogP contribution in [0.1, 0.15) is 28.7 Å². The molecule has 1 aliphatic heterocycles. The van der Waals surface area contributed by atoms with Crippen LogP contribution in [-0.4, -0.2) is 22.8 Å². The molecule has 1 atom stereocenters. The summed E-state index contributed by atoms with van der Waals surface area (Å²) in [4.78, 5) is 26.1. The Labute approximate surface area is 142 Å². The zero-order valence-electron chi connectivity index (χ0n) is 14.1. The number of rotatable bonds is 5. The van der Waals surface area contributed by atoms with Crippen LogP contribution in [0.15, 0.2) is 48.5 Å². The number of imide groups is 1. The fraction of sp³-hybridized carbons (Fsp3) is 0.300. The average molecular weight is 322 g/mol. The molecule has 1 aliphatic rings. The van der Waals surface area contributed by atoms with Crippen molar-refractivity contribution in [2.75, 3.05) is 0 Å². The molecule has 0 bridgehead atoms. The third-order valence-corrected chi connectivity index (χ3v) is 4.38. The smallest absolute Gasteiger partial charge is 0.247 e. The molecule has 1 heterocycles. The van der Waals surface area contributed by atoms with Crippen LogP contribution >= 0.6 is 0 Å². The van der Waals surface area contributed by atoms with E-state index in [1.807, 2.05) is 62.4 Å². The van der Waals surface area contributed by atoms with Gasteiger partial charge in [0.15, 0.2) is 0 Å². The number of nitrogens with one attached hydrogen (secondary N) is 1. The molecule has 2 aromatic rings. The number of nitrogens with zero attached hydrogens (tertiary/aromatic N) is 1. The van der Waals surface area contributed by atoms with Gasteiger partial charge < -0.3 is 5.32 Å². The summed E-state index contributed by atoms with van der Waals surface area (Å²) in [5, 5.41) is 3.21. The van der Waals surface area contributed by atoms with E-state index in [4.69, 9.17) is 0 Å². The number of carbonyl (C=O) groups excluding carboxylic acids is 2. The second kappa shape index (κ2) is 6.97. The normalized spacial score (nSPS) is 17.6. The Kier molecular flexibility index (Phi) is 4.76. The first-order valence-corrected chi connectivity index (χ1v) is 8.21. The molecule has 4 heteroatoms. The lowest BCUT2D eigenvalue weighted by Crippen LogP contribution is -2.38. The fourth-order valence-electron chi connectivity index (χ4n) is 2.83. The summed E-state index contributed by atoms with van der Waals surface area (Å²) in [6, 6.07) is 15.6. The predicted molar refractivity (Wildman–Crippen MR) is 93.2 cm³/mol. The standard InChI is InChI=1S/C20H22N2O2/c1-14-3-7-16(8-4-14)12-21-18-11-19(23)22(20(18)24)13-17-9-5-15(2)6-10-17/h3-10,18,21H,11-13H2,1-2H3. The maximum atomic E-state index is 12.5. The minimum absolute atomic E-state index is 0.109. The van der Waals surface area contributed by atoms with Gasteiger partial charge in [-0.15, -0.1) is 0 Å². The highest BCUT2D eigenvalue weighted by Crippen LogP contribution is 2.17. The fourth-order valence-corrected chi connectivity index (χ4v) is 2.83. The number of likely N-dealkylation sites (tertiary alicyclic amines) is 1. The SMILES string of the molecule is Cc1ccc(CNC2CC(=O)N(Cc3ccc(C)cc3)C2=O)cc1. The average Bonchev–Trinajstić information content (AvgIpc) is 2.84. The van der Waals surface area contributed by atoms with Crippen LogP contribution in [0, 0.1) is 13.8 Å². The van der Waals surface area contributed by atoms with Crippen LogP contribution in [0.2, 0.25) is 0 Å². The number of aryl methyl sites for hydroxylation is 2. The quantitative estimate of drug-likeness (QED) is 0.861. The maximum absolute atomic E-state index is 12.5. The van der Waals surface area contributed by atoms with Crippen LogP contribution in [0.4, 0.5) is 0 Å². The molecule has 0 saturated carbocycles. The van der Waals surface area contributed by atoms with Gasteiger partial charge in [0.05, 0.1) is 19.0 Å². The number of benzene rings is 2. The molecular weight excluding hydrogens is 300 g/mol. The molecule has 0 radical (unpaired) electrons. The summed E-state index contributed by atoms with van der Waals surface area (Å²) in [6.45, 7) is 4.99. The first kappa shape index (κ1) is 16.4. The van der Waals surface area contributed by atoms with Crippen molar-refractivity contribution in [3.8, 4) is 0 Å². The molecule has 1 N–H and O–H groups in total. The summed E-state index contributed by atoms with van der Waals surface area (Å²) in [6.07, 6.45) is 0.233. The zero-order chi connectivity index (χ0) is 17.1. The van der Waals surface area contributed by atoms with Gasteiger partial charge in [-0.05, 0) is 25.0 Å². The van der Waals surface area contributed by atoms with E-state index in [9.17, 15) is 9.59 Å². The molecule has 0 aliphatic carbocycles. The van der Waals surface area contributed by atoms with Gasteiger partial charge in [0.25, 0.3) is 0 Å². The zero-order valence-corrected chi connectivity index (χ0v) is 14.1. The highest BCUT2D eigenvalue weighted by atomic mass is 16.2. The van der Waals surface area contributed by atoms with E-state index in [1.165, 1.54) is 10.5 Å². The van der Waals surface area contributed by atoms with Crippen molar-refractivity contribution in [3.05, 3.63) is 70.8 Å². The molecule has 0 spiro atoms. The Balaban J connectivity index is 1.61. The lowest BCUT2D eigenvalue weighted by atomic mass is 10.1. The first-order chi connectivity index (χ1) is 11.5. The summed E-state index contributed by atoms with van der Waals surface area (Å²) in [7, 11) is 0. The molecular formula is C20H22N2O2. The van der Waals surface area contributed by atoms with Crippen molar-refractivity contribution in [2.45, 2.75) is 39.4 Å². The molecule has 0 aromatic heterocycles. The van der Waals surface area contributed by atoms with E-state index in [1.54, 1.807) is 0 Å². The molecule has 3 rings (SSSR count). The molecule has 2 amide bonds. The largest absolute Gasteiger partial charge is 0.301 e. The van der Waals surface area contributed by atoms with Crippen LogP contribution in [-0.2, 0) is 22.7 Å². The molecule has 1 unspecified atom stereocenters. The van der Waals surface area contributed by atoms with E-state index in [0.717, 1.165) is 16.7 Å². The highest BCUT2D eigenvalue weighted by molar-refractivity contribution is 6.05. The lowest BCUT2D eigenvalue weighted by Gasteiger charge is -2.16. The van der Waals surface area contributed by atoms with Gasteiger partial charge in [-0.25, -0.2) is 0 Å². The Morgan fingerprint density at radius 1 is 0.917 bits per heavy atom. The van der Waals surface area contributed by atoms with Crippen LogP contribution in [0.3, 0.4) is 0 Å². The Morgan fingerprint density at radius 3 is 2.04 bits per heavy atom. The summed E-state index contributed by atoms with van der Waals surface area (Å²) in [5.41, 5.74) is 4.45. The molecule has 2 aromatic carbocycles. The van der Waals surface area contributed by atoms with Gasteiger partial charge in [-0.3, -0.25) is 14.5 Å². The van der Waals surface area contributed by atoms with Gasteiger partial charge in [-0.1, -0.05) is 59.7 Å². The summed E-state index contributed by atoms with van der Waals surface area (Å²) >= 11 is 0. The third-order valence-electron chi connectivity index (χ3n) is 4.38. The summed E-state index contributed by atoms with van der Waals surface area (Å²) in [5.74, 6) is -0.241. The Hall–Kier alpha value is -2.46. The van der Waals surface area contributed by atoms with E-state index >= 15 is 0 Å². The number of hydrogen-bond acceptors (Lipinski definition) is 3. The van der Waals surface area contributed by atoms with Crippen molar-refractivity contribution in [2.24, 2.45) is 0 Å². The van der Waals surface area contributed by atoms with E-state index in [-0.39, 0.29) is 18.2 Å². The van der Waals surface area contributed by atoms with Crippen LogP contribution in [0.25, 0.3) is 0 Å². The van der Waals surface area contributed by atoms with Crippen molar-refractivity contribution in [3.63, 3.8) is 0 Å². The van der Waals surface area contributed by atoms with E-state index in [2.05, 4.69) is 5.32 Å². The number of carbonyl (C=O) groups is 2. The van der Waals surface area contributed by atoms with Gasteiger partial charge in [0, 0.05) is 6.54 Å². The second-order valence-corrected chi connectivity index (χ2v) is 6.43. The Morgan fingerprint density at radius 2 is 1.46 bits per heavy atom. The number of hydrogen-bond donors (Lipinski definition) is 1. The van der Waals surface area contributed by atoms with Gasteiger partial charge in [0.2, 0.25) is 11.8 Å². The monoisotopic (exact) mass is 322 g/mol. The molecule has 24 heavy (non-hydrogen) atoms. The Bertz CT molecular complexity index is 735. The third kappa shape index (κ3) is 3.71. The predicted octanol–water partition coefficient (Wildman–Crippen LogP) is 2.72. The van der Waals surface area contributed by atoms with Crippen molar-refractivity contribution >= 4 is 11.8 Å². The minimum atomic E-state index is -0.427. The first-order valence-electron chi connectivity index (χ1n) is 8.21. The number of amides is 2. The second-order valence-electron chi connectivity index (χ2n) is 6.43.